The van der Waals surface area contributed by atoms with Crippen molar-refractivity contribution in [3.8, 4) is 0 Å². The van der Waals surface area contributed by atoms with Crippen molar-refractivity contribution >= 4 is 45.1 Å². The first kappa shape index (κ1) is 24.1. The highest BCUT2D eigenvalue weighted by atomic mass is 35.5. The van der Waals surface area contributed by atoms with Gasteiger partial charge in [0.15, 0.2) is 6.61 Å². The molecule has 162 valence electrons. The van der Waals surface area contributed by atoms with Crippen LogP contribution in [-0.2, 0) is 30.9 Å². The summed E-state index contributed by atoms with van der Waals surface area (Å²) in [6, 6.07) is 11.4. The molecule has 0 aliphatic carbocycles. The van der Waals surface area contributed by atoms with Crippen LogP contribution in [0.15, 0.2) is 53.4 Å². The first-order valence-electron chi connectivity index (χ1n) is 9.05. The average molecular weight is 473 g/mol. The van der Waals surface area contributed by atoms with Crippen molar-refractivity contribution in [2.45, 2.75) is 31.3 Å². The highest BCUT2D eigenvalue weighted by molar-refractivity contribution is 7.89. The van der Waals surface area contributed by atoms with E-state index in [-0.39, 0.29) is 11.4 Å². The number of hydrogen-bond acceptors (Lipinski definition) is 5. The Morgan fingerprint density at radius 1 is 1.07 bits per heavy atom. The van der Waals surface area contributed by atoms with Gasteiger partial charge in [0, 0.05) is 16.6 Å². The molecule has 1 amide bonds. The third-order valence-electron chi connectivity index (χ3n) is 4.09. The summed E-state index contributed by atoms with van der Waals surface area (Å²) >= 11 is 11.9. The Kier molecular flexibility index (Phi) is 8.66. The predicted octanol–water partition coefficient (Wildman–Crippen LogP) is 3.16. The third-order valence-corrected chi connectivity index (χ3v) is 6.14. The molecular formula is C20H22Cl2N2O5S. The highest BCUT2D eigenvalue weighted by Crippen LogP contribution is 2.20. The number of rotatable bonds is 9. The van der Waals surface area contributed by atoms with Gasteiger partial charge in [-0.1, -0.05) is 61.3 Å². The number of sulfonamides is 1. The molecule has 0 fully saturated rings. The Bertz CT molecular complexity index is 998. The van der Waals surface area contributed by atoms with Gasteiger partial charge in [-0.3, -0.25) is 9.59 Å². The maximum absolute atomic E-state index is 12.5. The number of amides is 1. The zero-order valence-electron chi connectivity index (χ0n) is 16.4. The van der Waals surface area contributed by atoms with Crippen LogP contribution in [0, 0.1) is 5.92 Å². The van der Waals surface area contributed by atoms with Gasteiger partial charge in [-0.25, -0.2) is 8.42 Å². The van der Waals surface area contributed by atoms with Gasteiger partial charge in [0.2, 0.25) is 10.0 Å². The minimum absolute atomic E-state index is 0.0287. The minimum atomic E-state index is -3.92. The van der Waals surface area contributed by atoms with Crippen molar-refractivity contribution in [3.63, 3.8) is 0 Å². The molecule has 0 saturated carbocycles. The molecule has 0 heterocycles. The maximum atomic E-state index is 12.5. The fourth-order valence-corrected chi connectivity index (χ4v) is 4.26. The molecule has 2 N–H and O–H groups in total. The second-order valence-electron chi connectivity index (χ2n) is 6.78. The van der Waals surface area contributed by atoms with E-state index in [1.807, 2.05) is 0 Å². The van der Waals surface area contributed by atoms with E-state index < -0.39 is 40.5 Å². The van der Waals surface area contributed by atoms with E-state index in [1.54, 1.807) is 50.2 Å². The molecule has 2 rings (SSSR count). The van der Waals surface area contributed by atoms with E-state index in [9.17, 15) is 18.0 Å². The zero-order valence-corrected chi connectivity index (χ0v) is 18.7. The number of halogens is 2. The molecule has 2 aromatic rings. The summed E-state index contributed by atoms with van der Waals surface area (Å²) in [5, 5.41) is 3.45. The summed E-state index contributed by atoms with van der Waals surface area (Å²) in [5.74, 6) is -1.79. The molecule has 0 aliphatic heterocycles. The Hall–Kier alpha value is -2.13. The molecule has 0 spiro atoms. The lowest BCUT2D eigenvalue weighted by molar-refractivity contribution is -0.151. The molecule has 2 aromatic carbocycles. The largest absolute Gasteiger partial charge is 0.454 e. The molecule has 0 aliphatic rings. The van der Waals surface area contributed by atoms with Crippen molar-refractivity contribution in [1.29, 1.82) is 0 Å². The van der Waals surface area contributed by atoms with E-state index in [1.165, 1.54) is 12.1 Å². The van der Waals surface area contributed by atoms with E-state index in [4.69, 9.17) is 27.9 Å². The van der Waals surface area contributed by atoms with Crippen LogP contribution in [0.25, 0.3) is 0 Å². The second-order valence-corrected chi connectivity index (χ2v) is 9.33. The van der Waals surface area contributed by atoms with Crippen LogP contribution in [0.2, 0.25) is 10.0 Å². The maximum Gasteiger partial charge on any atom is 0.324 e. The first-order valence-corrected chi connectivity index (χ1v) is 11.3. The zero-order chi connectivity index (χ0) is 22.3. The quantitative estimate of drug-likeness (QED) is 0.545. The third kappa shape index (κ3) is 6.98. The van der Waals surface area contributed by atoms with Crippen LogP contribution < -0.4 is 10.0 Å². The lowest BCUT2D eigenvalue weighted by atomic mass is 10.1. The molecule has 0 unspecified atom stereocenters. The van der Waals surface area contributed by atoms with Crippen LogP contribution in [0.5, 0.6) is 0 Å². The van der Waals surface area contributed by atoms with E-state index in [0.29, 0.717) is 15.6 Å². The smallest absolute Gasteiger partial charge is 0.324 e. The van der Waals surface area contributed by atoms with E-state index >= 15 is 0 Å². The summed E-state index contributed by atoms with van der Waals surface area (Å²) in [6.07, 6.45) is 0. The fourth-order valence-electron chi connectivity index (χ4n) is 2.43. The number of carbonyl (C=O) groups excluding carboxylic acids is 2. The average Bonchev–Trinajstić information content (AvgIpc) is 2.70. The topological polar surface area (TPSA) is 102 Å². The molecule has 0 radical (unpaired) electrons. The van der Waals surface area contributed by atoms with Crippen molar-refractivity contribution < 1.29 is 22.7 Å². The van der Waals surface area contributed by atoms with Crippen LogP contribution in [0.3, 0.4) is 0 Å². The van der Waals surface area contributed by atoms with Gasteiger partial charge in [-0.2, -0.15) is 4.72 Å². The van der Waals surface area contributed by atoms with Gasteiger partial charge in [-0.15, -0.1) is 0 Å². The van der Waals surface area contributed by atoms with Gasteiger partial charge in [0.25, 0.3) is 5.91 Å². The van der Waals surface area contributed by atoms with Crippen molar-refractivity contribution in [3.05, 3.63) is 64.1 Å². The minimum Gasteiger partial charge on any atom is -0.454 e. The number of esters is 1. The molecule has 0 bridgehead atoms. The number of carbonyl (C=O) groups is 2. The van der Waals surface area contributed by atoms with Crippen LogP contribution in [-0.4, -0.2) is 32.9 Å². The molecule has 0 saturated heterocycles. The number of hydrogen-bond donors (Lipinski definition) is 2. The van der Waals surface area contributed by atoms with Crippen LogP contribution in [0.1, 0.15) is 19.4 Å². The van der Waals surface area contributed by atoms with Gasteiger partial charge < -0.3 is 10.1 Å². The Labute approximate surface area is 185 Å². The van der Waals surface area contributed by atoms with E-state index in [2.05, 4.69) is 10.0 Å². The van der Waals surface area contributed by atoms with Crippen LogP contribution >= 0.6 is 23.2 Å². The second kappa shape index (κ2) is 10.8. The molecular weight excluding hydrogens is 451 g/mol. The summed E-state index contributed by atoms with van der Waals surface area (Å²) in [4.78, 5) is 24.4. The SMILES string of the molecule is CC(C)[C@H](NS(=O)(=O)c1ccccc1)C(=O)OCC(=O)NCc1ccc(Cl)cc1Cl. The van der Waals surface area contributed by atoms with Gasteiger partial charge in [0.1, 0.15) is 6.04 Å². The van der Waals surface area contributed by atoms with Crippen molar-refractivity contribution in [2.24, 2.45) is 5.92 Å². The van der Waals surface area contributed by atoms with Gasteiger partial charge >= 0.3 is 5.97 Å². The number of nitrogens with one attached hydrogen (secondary N) is 2. The van der Waals surface area contributed by atoms with Gasteiger partial charge in [0.05, 0.1) is 4.90 Å². The molecule has 7 nitrogen and oxygen atoms in total. The molecule has 30 heavy (non-hydrogen) atoms. The summed E-state index contributed by atoms with van der Waals surface area (Å²) in [7, 11) is -3.92. The number of ether oxygens (including phenoxy) is 1. The lowest BCUT2D eigenvalue weighted by Crippen LogP contribution is -2.46. The molecule has 1 atom stereocenters. The Morgan fingerprint density at radius 2 is 1.73 bits per heavy atom. The lowest BCUT2D eigenvalue weighted by Gasteiger charge is -2.20. The monoisotopic (exact) mass is 472 g/mol. The molecule has 10 heteroatoms. The molecule has 0 aromatic heterocycles. The first-order chi connectivity index (χ1) is 14.1. The summed E-state index contributed by atoms with van der Waals surface area (Å²) in [6.45, 7) is 2.91. The normalized spacial score (nSPS) is 12.4. The Morgan fingerprint density at radius 3 is 2.33 bits per heavy atom. The summed E-state index contributed by atoms with van der Waals surface area (Å²) < 4.78 is 32.3. The van der Waals surface area contributed by atoms with E-state index in [0.717, 1.165) is 0 Å². The summed E-state index contributed by atoms with van der Waals surface area (Å²) in [5.41, 5.74) is 0.649. The number of benzene rings is 2. The fraction of sp³-hybridized carbons (Fsp3) is 0.300. The van der Waals surface area contributed by atoms with Gasteiger partial charge in [-0.05, 0) is 35.7 Å². The highest BCUT2D eigenvalue weighted by Gasteiger charge is 2.30. The predicted molar refractivity (Wildman–Crippen MR) is 115 cm³/mol. The van der Waals surface area contributed by atoms with Crippen molar-refractivity contribution in [1.82, 2.24) is 10.0 Å². The van der Waals surface area contributed by atoms with Crippen LogP contribution in [0.4, 0.5) is 0 Å². The standard InChI is InChI=1S/C20H22Cl2N2O5S/c1-13(2)19(24-30(27,28)16-6-4-3-5-7-16)20(26)29-12-18(25)23-11-14-8-9-15(21)10-17(14)22/h3-10,13,19,24H,11-12H2,1-2H3,(H,23,25)/t19-/m0/s1. The Balaban J connectivity index is 1.92. The van der Waals surface area contributed by atoms with Crippen molar-refractivity contribution in [2.75, 3.05) is 6.61 Å².